The number of aliphatic hydroxyl groups excluding tert-OH is 3. The van der Waals surface area contributed by atoms with Crippen LogP contribution in [-0.2, 0) is 38.0 Å². The first-order valence-corrected chi connectivity index (χ1v) is 17.4. The van der Waals surface area contributed by atoms with Crippen LogP contribution in [0.4, 0.5) is 0 Å². The third kappa shape index (κ3) is 4.86. The molecule has 7 aliphatic rings. The number of Topliss-reactive ketones (excluding diaryl/α,β-unsaturated/α-hetero) is 2. The Balaban J connectivity index is 1.02. The molecule has 3 saturated carbocycles. The van der Waals surface area contributed by atoms with Crippen LogP contribution in [0, 0.1) is 40.4 Å². The molecular weight excluding hydrogens is 596 g/mol. The first kappa shape index (κ1) is 33.2. The van der Waals surface area contributed by atoms with Crippen LogP contribution < -0.4 is 0 Å². The molecule has 6 fully saturated rings. The van der Waals surface area contributed by atoms with Crippen molar-refractivity contribution in [1.29, 1.82) is 0 Å². The highest BCUT2D eigenvalue weighted by molar-refractivity contribution is 5.96. The Kier molecular flexibility index (Phi) is 8.63. The second-order valence-electron chi connectivity index (χ2n) is 15.7. The smallest absolute Gasteiger partial charge is 0.184 e. The molecule has 0 bridgehead atoms. The third-order valence-electron chi connectivity index (χ3n) is 13.4. The lowest BCUT2D eigenvalue weighted by Crippen LogP contribution is -2.61. The van der Waals surface area contributed by atoms with Crippen LogP contribution in [0.3, 0.4) is 0 Å². The van der Waals surface area contributed by atoms with Crippen LogP contribution in [-0.4, -0.2) is 108 Å². The van der Waals surface area contributed by atoms with Gasteiger partial charge >= 0.3 is 0 Å². The highest BCUT2D eigenvalue weighted by Gasteiger charge is 2.72. The predicted octanol–water partition coefficient (Wildman–Crippen LogP) is 2.32. The van der Waals surface area contributed by atoms with E-state index in [0.717, 1.165) is 19.3 Å². The minimum Gasteiger partial charge on any atom is -0.394 e. The summed E-state index contributed by atoms with van der Waals surface area (Å²) in [4.78, 5) is 27.7. The maximum atomic E-state index is 14.3. The zero-order valence-corrected chi connectivity index (χ0v) is 27.9. The summed E-state index contributed by atoms with van der Waals surface area (Å²) >= 11 is 0. The number of hydrogen-bond acceptors (Lipinski definition) is 11. The Bertz CT molecular complexity index is 1240. The van der Waals surface area contributed by atoms with Crippen molar-refractivity contribution in [2.24, 2.45) is 40.4 Å². The first-order valence-electron chi connectivity index (χ1n) is 17.4. The van der Waals surface area contributed by atoms with Crippen molar-refractivity contribution < 1.29 is 53.3 Å². The van der Waals surface area contributed by atoms with Gasteiger partial charge in [-0.15, -0.1) is 0 Å². The number of allylic oxidation sites excluding steroid dienone is 1. The van der Waals surface area contributed by atoms with E-state index < -0.39 is 73.2 Å². The third-order valence-corrected chi connectivity index (χ3v) is 13.4. The SMILES string of the molecule is CO[C@@H]1C[C@H](O[C@H]2CC[C@@]3(C)C(=CC[C@H]4[C@@H]5C(=O)C[C@H]6[C@H](C)O[C@@H](C(=O)[C@@H]43)[C@]65C)C2)O[C@H](C)[C@@H]1O[C@@H]1O[C@H](CO)[C@@H](O)[C@H](C)[C@H]1O. The summed E-state index contributed by atoms with van der Waals surface area (Å²) in [6.07, 6.45) is -0.428. The molecule has 258 valence electrons. The van der Waals surface area contributed by atoms with E-state index in [0.29, 0.717) is 25.0 Å². The van der Waals surface area contributed by atoms with E-state index in [1.54, 1.807) is 14.0 Å². The Hall–Kier alpha value is -1.28. The Morgan fingerprint density at radius 2 is 1.74 bits per heavy atom. The van der Waals surface area contributed by atoms with Gasteiger partial charge in [-0.25, -0.2) is 0 Å². The quantitative estimate of drug-likeness (QED) is 0.364. The monoisotopic (exact) mass is 648 g/mol. The number of ether oxygens (including phenoxy) is 6. The fourth-order valence-corrected chi connectivity index (χ4v) is 10.9. The Morgan fingerprint density at radius 3 is 2.46 bits per heavy atom. The van der Waals surface area contributed by atoms with E-state index in [4.69, 9.17) is 28.4 Å². The van der Waals surface area contributed by atoms with Crippen LogP contribution in [0.1, 0.15) is 73.1 Å². The molecule has 0 aromatic carbocycles. The van der Waals surface area contributed by atoms with Gasteiger partial charge in [-0.05, 0) is 50.9 Å². The second-order valence-corrected chi connectivity index (χ2v) is 15.7. The lowest BCUT2D eigenvalue weighted by molar-refractivity contribution is -0.338. The van der Waals surface area contributed by atoms with E-state index in [2.05, 4.69) is 19.9 Å². The fourth-order valence-electron chi connectivity index (χ4n) is 10.9. The number of carbonyl (C=O) groups is 2. The second kappa shape index (κ2) is 11.9. The van der Waals surface area contributed by atoms with Crippen molar-refractivity contribution in [3.63, 3.8) is 0 Å². The number of carbonyl (C=O) groups excluding carboxylic acids is 2. The van der Waals surface area contributed by atoms with Gasteiger partial charge in [-0.2, -0.15) is 0 Å². The molecule has 3 aliphatic heterocycles. The maximum absolute atomic E-state index is 14.3. The number of rotatable bonds is 6. The molecule has 0 aromatic heterocycles. The zero-order chi connectivity index (χ0) is 32.9. The van der Waals surface area contributed by atoms with Crippen molar-refractivity contribution in [1.82, 2.24) is 0 Å². The van der Waals surface area contributed by atoms with Gasteiger partial charge in [0.2, 0.25) is 0 Å². The van der Waals surface area contributed by atoms with Gasteiger partial charge in [0, 0.05) is 49.0 Å². The van der Waals surface area contributed by atoms with Crippen LogP contribution in [0.2, 0.25) is 0 Å². The van der Waals surface area contributed by atoms with Crippen LogP contribution in [0.15, 0.2) is 11.6 Å². The van der Waals surface area contributed by atoms with Gasteiger partial charge in [-0.1, -0.05) is 32.4 Å². The molecule has 3 saturated heterocycles. The first-order chi connectivity index (χ1) is 21.8. The highest BCUT2D eigenvalue weighted by Crippen LogP contribution is 2.67. The molecule has 0 unspecified atom stereocenters. The minimum absolute atomic E-state index is 0.0267. The zero-order valence-electron chi connectivity index (χ0n) is 27.9. The molecule has 3 N–H and O–H groups in total. The fraction of sp³-hybridized carbons (Fsp3) is 0.886. The van der Waals surface area contributed by atoms with Crippen molar-refractivity contribution in [3.05, 3.63) is 11.6 Å². The average molecular weight is 649 g/mol. The van der Waals surface area contributed by atoms with Crippen LogP contribution in [0.5, 0.6) is 0 Å². The normalized spacial score (nSPS) is 55.0. The van der Waals surface area contributed by atoms with Crippen LogP contribution >= 0.6 is 0 Å². The molecule has 11 heteroatoms. The molecule has 11 nitrogen and oxygen atoms in total. The summed E-state index contributed by atoms with van der Waals surface area (Å²) < 4.78 is 36.9. The molecule has 4 aliphatic carbocycles. The predicted molar refractivity (Wildman–Crippen MR) is 162 cm³/mol. The van der Waals surface area contributed by atoms with Gasteiger partial charge in [-0.3, -0.25) is 9.59 Å². The molecule has 3 heterocycles. The maximum Gasteiger partial charge on any atom is 0.184 e. The van der Waals surface area contributed by atoms with Gasteiger partial charge in [0.05, 0.1) is 37.1 Å². The van der Waals surface area contributed by atoms with Gasteiger partial charge < -0.3 is 43.7 Å². The summed E-state index contributed by atoms with van der Waals surface area (Å²) in [7, 11) is 1.60. The van der Waals surface area contributed by atoms with Crippen LogP contribution in [0.25, 0.3) is 0 Å². The minimum atomic E-state index is -1.09. The summed E-state index contributed by atoms with van der Waals surface area (Å²) in [6.45, 7) is 9.55. The summed E-state index contributed by atoms with van der Waals surface area (Å²) in [6, 6.07) is 0. The molecule has 18 atom stereocenters. The molecule has 0 radical (unpaired) electrons. The Morgan fingerprint density at radius 1 is 0.978 bits per heavy atom. The number of hydrogen-bond donors (Lipinski definition) is 3. The van der Waals surface area contributed by atoms with E-state index in [1.165, 1.54) is 5.57 Å². The summed E-state index contributed by atoms with van der Waals surface area (Å²) in [5, 5.41) is 30.7. The van der Waals surface area contributed by atoms with E-state index in [1.807, 2.05) is 13.8 Å². The van der Waals surface area contributed by atoms with Crippen molar-refractivity contribution in [2.45, 2.75) is 141 Å². The van der Waals surface area contributed by atoms with Gasteiger partial charge in [0.25, 0.3) is 0 Å². The van der Waals surface area contributed by atoms with E-state index in [-0.39, 0.29) is 47.1 Å². The molecule has 0 aromatic rings. The Labute approximate surface area is 271 Å². The highest BCUT2D eigenvalue weighted by atomic mass is 16.7. The topological polar surface area (TPSA) is 150 Å². The average Bonchev–Trinajstić information content (AvgIpc) is 3.44. The number of methoxy groups -OCH3 is 1. The van der Waals surface area contributed by atoms with E-state index >= 15 is 0 Å². The molecule has 7 rings (SSSR count). The summed E-state index contributed by atoms with van der Waals surface area (Å²) in [5.41, 5.74) is 0.509. The molecular formula is C35H52O11. The van der Waals surface area contributed by atoms with E-state index in [9.17, 15) is 24.9 Å². The standard InChI is InChI=1S/C35H52O11/c1-15-28(38)24(14-36)45-33(29(15)39)46-31-17(3)42-25(13-23(31)41-6)44-19-9-10-34(4)18(11-19)7-8-20-26-22(37)12-21-16(2)43-32(35(21,26)5)30(40)27(20)34/h7,15-17,19-21,23-29,31-33,36,38-39H,8-14H2,1-6H3/t15-,16-,17+,19-,20-,21-,23+,24+,25-,26+,27+,28-,29+,31-,32-,33-,34-,35+/m0/s1. The lowest BCUT2D eigenvalue weighted by Gasteiger charge is -2.57. The van der Waals surface area contributed by atoms with Gasteiger partial charge in [0.1, 0.15) is 30.2 Å². The largest absolute Gasteiger partial charge is 0.394 e. The van der Waals surface area contributed by atoms with Gasteiger partial charge in [0.15, 0.2) is 18.4 Å². The van der Waals surface area contributed by atoms with Crippen molar-refractivity contribution >= 4 is 11.6 Å². The lowest BCUT2D eigenvalue weighted by atomic mass is 9.46. The number of fused-ring (bicyclic) bond motifs is 4. The summed E-state index contributed by atoms with van der Waals surface area (Å²) in [5.74, 6) is -0.240. The number of ketones is 2. The number of aliphatic hydroxyl groups is 3. The molecule has 46 heavy (non-hydrogen) atoms. The molecule has 0 amide bonds. The van der Waals surface area contributed by atoms with Crippen molar-refractivity contribution in [3.8, 4) is 0 Å². The molecule has 0 spiro atoms. The van der Waals surface area contributed by atoms with Crippen molar-refractivity contribution in [2.75, 3.05) is 13.7 Å².